The minimum Gasteiger partial charge on any atom is -0.520 e. The molecule has 23 heavy (non-hydrogen) atoms. The van der Waals surface area contributed by atoms with Crippen molar-refractivity contribution in [2.24, 2.45) is 11.3 Å². The van der Waals surface area contributed by atoms with E-state index in [2.05, 4.69) is 40.4 Å². The van der Waals surface area contributed by atoms with Gasteiger partial charge in [0.25, 0.3) is 0 Å². The first-order chi connectivity index (χ1) is 10.7. The van der Waals surface area contributed by atoms with Gasteiger partial charge in [0.2, 0.25) is 0 Å². The highest BCUT2D eigenvalue weighted by atomic mass is 28.4. The molecule has 1 aromatic rings. The van der Waals surface area contributed by atoms with E-state index < -0.39 is 8.56 Å². The van der Waals surface area contributed by atoms with E-state index in [1.807, 2.05) is 30.3 Å². The van der Waals surface area contributed by atoms with Gasteiger partial charge < -0.3 is 8.85 Å². The van der Waals surface area contributed by atoms with Crippen LogP contribution in [0.4, 0.5) is 0 Å². The fourth-order valence-electron chi connectivity index (χ4n) is 3.48. The second-order valence-corrected chi connectivity index (χ2v) is 11.4. The lowest BCUT2D eigenvalue weighted by Crippen LogP contribution is -2.43. The molecule has 0 N–H and O–H groups in total. The maximum atomic E-state index is 6.43. The molecule has 1 aromatic carbocycles. The lowest BCUT2D eigenvalue weighted by atomic mass is 9.72. The number of benzene rings is 1. The third-order valence-electron chi connectivity index (χ3n) is 4.84. The van der Waals surface area contributed by atoms with Crippen LogP contribution in [-0.4, -0.2) is 14.7 Å². The summed E-state index contributed by atoms with van der Waals surface area (Å²) in [6.07, 6.45) is 7.04. The molecule has 0 saturated heterocycles. The smallest absolute Gasteiger partial charge is 0.392 e. The third kappa shape index (κ3) is 5.22. The highest BCUT2D eigenvalue weighted by Crippen LogP contribution is 2.39. The Bertz CT molecular complexity index is 523. The van der Waals surface area contributed by atoms with Crippen LogP contribution >= 0.6 is 0 Å². The Kier molecular flexibility index (Phi) is 5.74. The minimum absolute atomic E-state index is 0.353. The molecule has 0 amide bonds. The molecule has 1 fully saturated rings. The largest absolute Gasteiger partial charge is 0.520 e. The summed E-state index contributed by atoms with van der Waals surface area (Å²) in [5.74, 6) is 1.71. The van der Waals surface area contributed by atoms with Crippen LogP contribution in [0.25, 0.3) is 6.08 Å². The highest BCUT2D eigenvalue weighted by Gasteiger charge is 2.35. The number of hydrogen-bond donors (Lipinski definition) is 0. The van der Waals surface area contributed by atoms with Crippen LogP contribution < -0.4 is 4.43 Å². The fourth-order valence-corrected chi connectivity index (χ4v) is 5.28. The average Bonchev–Trinajstić information content (AvgIpc) is 2.46. The minimum atomic E-state index is -2.19. The molecule has 128 valence electrons. The van der Waals surface area contributed by atoms with E-state index in [1.165, 1.54) is 12.8 Å². The third-order valence-corrected chi connectivity index (χ3v) is 6.46. The molecule has 2 rings (SSSR count). The van der Waals surface area contributed by atoms with Gasteiger partial charge >= 0.3 is 8.56 Å². The number of hydrogen-bond acceptors (Lipinski definition) is 2. The van der Waals surface area contributed by atoms with Crippen molar-refractivity contribution in [3.63, 3.8) is 0 Å². The van der Waals surface area contributed by atoms with Gasteiger partial charge in [0.15, 0.2) is 0 Å². The van der Waals surface area contributed by atoms with Crippen molar-refractivity contribution in [2.75, 3.05) is 0 Å². The Morgan fingerprint density at radius 2 is 1.70 bits per heavy atom. The summed E-state index contributed by atoms with van der Waals surface area (Å²) in [5.41, 5.74) is 1.45. The standard InChI is InChI=1S/C20H32O2Si/c1-7-16-10-8-9-11-19(16)22-23(5,6)21-18-14-12-17(13-15-18)20(2,3)4/h7-11,17-18H,1,12-15H2,2-6H3. The Morgan fingerprint density at radius 1 is 1.09 bits per heavy atom. The lowest BCUT2D eigenvalue weighted by molar-refractivity contribution is 0.0699. The van der Waals surface area contributed by atoms with Crippen molar-refractivity contribution < 1.29 is 8.85 Å². The molecule has 1 saturated carbocycles. The van der Waals surface area contributed by atoms with Gasteiger partial charge in [0.05, 0.1) is 0 Å². The predicted molar refractivity (Wildman–Crippen MR) is 101 cm³/mol. The summed E-state index contributed by atoms with van der Waals surface area (Å²) >= 11 is 0. The molecule has 0 heterocycles. The first kappa shape index (κ1) is 18.3. The van der Waals surface area contributed by atoms with Crippen molar-refractivity contribution >= 4 is 14.6 Å². The molecular weight excluding hydrogens is 300 g/mol. The van der Waals surface area contributed by atoms with Crippen LogP contribution in [0, 0.1) is 11.3 Å². The van der Waals surface area contributed by atoms with Crippen LogP contribution in [0.5, 0.6) is 5.75 Å². The molecule has 2 nitrogen and oxygen atoms in total. The fraction of sp³-hybridized carbons (Fsp3) is 0.600. The topological polar surface area (TPSA) is 18.5 Å². The SMILES string of the molecule is C=Cc1ccccc1O[Si](C)(C)OC1CCC(C(C)(C)C)CC1. The van der Waals surface area contributed by atoms with Gasteiger partial charge in [-0.3, -0.25) is 0 Å². The molecule has 1 aliphatic carbocycles. The summed E-state index contributed by atoms with van der Waals surface area (Å²) in [5, 5.41) is 0. The van der Waals surface area contributed by atoms with Gasteiger partial charge in [-0.2, -0.15) is 0 Å². The average molecular weight is 333 g/mol. The Morgan fingerprint density at radius 3 is 2.26 bits per heavy atom. The Hall–Kier alpha value is -1.06. The summed E-state index contributed by atoms with van der Waals surface area (Å²) < 4.78 is 12.7. The predicted octanol–water partition coefficient (Wildman–Crippen LogP) is 6.03. The molecule has 0 aromatic heterocycles. The van der Waals surface area contributed by atoms with Crippen molar-refractivity contribution in [1.82, 2.24) is 0 Å². The number of rotatable bonds is 5. The lowest BCUT2D eigenvalue weighted by Gasteiger charge is -2.39. The summed E-state index contributed by atoms with van der Waals surface area (Å²) in [6.45, 7) is 15.2. The van der Waals surface area contributed by atoms with Crippen molar-refractivity contribution in [3.05, 3.63) is 36.4 Å². The maximum Gasteiger partial charge on any atom is 0.392 e. The monoisotopic (exact) mass is 332 g/mol. The second kappa shape index (κ2) is 7.23. The van der Waals surface area contributed by atoms with E-state index in [-0.39, 0.29) is 0 Å². The van der Waals surface area contributed by atoms with Crippen LogP contribution in [0.15, 0.2) is 30.8 Å². The highest BCUT2D eigenvalue weighted by molar-refractivity contribution is 6.65. The van der Waals surface area contributed by atoms with Crippen molar-refractivity contribution in [2.45, 2.75) is 65.7 Å². The zero-order valence-electron chi connectivity index (χ0n) is 15.4. The van der Waals surface area contributed by atoms with E-state index in [4.69, 9.17) is 8.85 Å². The Labute approximate surface area is 143 Å². The van der Waals surface area contributed by atoms with Gasteiger partial charge in [0, 0.05) is 11.7 Å². The van der Waals surface area contributed by atoms with Gasteiger partial charge in [-0.25, -0.2) is 0 Å². The zero-order valence-corrected chi connectivity index (χ0v) is 16.4. The molecule has 3 heteroatoms. The second-order valence-electron chi connectivity index (χ2n) is 8.20. The maximum absolute atomic E-state index is 6.43. The van der Waals surface area contributed by atoms with E-state index in [9.17, 15) is 0 Å². The van der Waals surface area contributed by atoms with E-state index in [0.717, 1.165) is 30.1 Å². The van der Waals surface area contributed by atoms with Crippen LogP contribution in [0.1, 0.15) is 52.0 Å². The first-order valence-corrected chi connectivity index (χ1v) is 11.6. The van der Waals surface area contributed by atoms with E-state index >= 15 is 0 Å². The molecule has 0 radical (unpaired) electrons. The number of para-hydroxylation sites is 1. The summed E-state index contributed by atoms with van der Waals surface area (Å²) in [4.78, 5) is 0. The van der Waals surface area contributed by atoms with Crippen LogP contribution in [0.3, 0.4) is 0 Å². The normalized spacial score (nSPS) is 22.7. The van der Waals surface area contributed by atoms with Crippen molar-refractivity contribution in [1.29, 1.82) is 0 Å². The molecule has 0 atom stereocenters. The molecule has 0 bridgehead atoms. The van der Waals surface area contributed by atoms with Gasteiger partial charge in [-0.1, -0.05) is 51.6 Å². The first-order valence-electron chi connectivity index (χ1n) is 8.79. The van der Waals surface area contributed by atoms with Crippen LogP contribution in [-0.2, 0) is 4.43 Å². The zero-order chi connectivity index (χ0) is 17.1. The van der Waals surface area contributed by atoms with Crippen LogP contribution in [0.2, 0.25) is 13.1 Å². The molecule has 1 aliphatic rings. The van der Waals surface area contributed by atoms with E-state index in [1.54, 1.807) is 0 Å². The Balaban J connectivity index is 1.93. The quantitative estimate of drug-likeness (QED) is 0.613. The molecule has 0 unspecified atom stereocenters. The van der Waals surface area contributed by atoms with Gasteiger partial charge in [0.1, 0.15) is 5.75 Å². The van der Waals surface area contributed by atoms with Crippen molar-refractivity contribution in [3.8, 4) is 5.75 Å². The van der Waals surface area contributed by atoms with Gasteiger partial charge in [-0.15, -0.1) is 0 Å². The molecule has 0 spiro atoms. The van der Waals surface area contributed by atoms with Gasteiger partial charge in [-0.05, 0) is 56.2 Å². The summed E-state index contributed by atoms with van der Waals surface area (Å²) in [6, 6.07) is 8.04. The van der Waals surface area contributed by atoms with E-state index in [0.29, 0.717) is 11.5 Å². The molecule has 0 aliphatic heterocycles. The molecular formula is C20H32O2Si. The summed E-state index contributed by atoms with van der Waals surface area (Å²) in [7, 11) is -2.19.